The zero-order valence-corrected chi connectivity index (χ0v) is 13.3. The Bertz CT molecular complexity index is 478. The summed E-state index contributed by atoms with van der Waals surface area (Å²) in [5, 5.41) is 0. The fourth-order valence-electron chi connectivity index (χ4n) is 3.59. The molecule has 0 unspecified atom stereocenters. The molecule has 1 aromatic heterocycles. The number of ether oxygens (including phenoxy) is 1. The van der Waals surface area contributed by atoms with Crippen molar-refractivity contribution >= 4 is 5.91 Å². The number of nitrogens with zero attached hydrogens (tertiary/aromatic N) is 3. The second kappa shape index (κ2) is 7.20. The maximum Gasteiger partial charge on any atom is 0.253 e. The lowest BCUT2D eigenvalue weighted by Crippen LogP contribution is -2.49. The van der Waals surface area contributed by atoms with Crippen LogP contribution in [-0.4, -0.2) is 66.1 Å². The predicted molar refractivity (Wildman–Crippen MR) is 84.8 cm³/mol. The monoisotopic (exact) mass is 303 g/mol. The molecule has 120 valence electrons. The topological polar surface area (TPSA) is 45.7 Å². The molecule has 3 rings (SSSR count). The van der Waals surface area contributed by atoms with Crippen molar-refractivity contribution in [3.63, 3.8) is 0 Å². The van der Waals surface area contributed by atoms with Crippen LogP contribution in [0.25, 0.3) is 0 Å². The molecule has 0 atom stereocenters. The van der Waals surface area contributed by atoms with Gasteiger partial charge < -0.3 is 14.5 Å². The first-order chi connectivity index (χ1) is 10.8. The van der Waals surface area contributed by atoms with Gasteiger partial charge in [-0.3, -0.25) is 9.78 Å². The molecule has 0 radical (unpaired) electrons. The maximum atomic E-state index is 12.4. The third kappa shape index (κ3) is 3.47. The Balaban J connectivity index is 1.49. The highest BCUT2D eigenvalue weighted by molar-refractivity contribution is 5.94. The number of likely N-dealkylation sites (tertiary alicyclic amines) is 2. The summed E-state index contributed by atoms with van der Waals surface area (Å²) in [5.74, 6) is 0.138. The molecule has 5 nitrogen and oxygen atoms in total. The number of hydrogen-bond donors (Lipinski definition) is 0. The zero-order chi connectivity index (χ0) is 15.4. The Kier molecular flexibility index (Phi) is 5.05. The first-order valence-corrected chi connectivity index (χ1v) is 8.24. The number of methoxy groups -OCH3 is 1. The van der Waals surface area contributed by atoms with E-state index in [1.54, 1.807) is 24.5 Å². The van der Waals surface area contributed by atoms with E-state index in [0.29, 0.717) is 12.1 Å². The summed E-state index contributed by atoms with van der Waals surface area (Å²) in [4.78, 5) is 21.0. The number of piperidine rings is 2. The standard InChI is InChI=1S/C17H25N3O2/c1-22-16-6-12-19(13-7-16)15-4-10-20(11-5-15)17(21)14-2-8-18-9-3-14/h2-3,8-9,15-16H,4-7,10-13H2,1H3. The van der Waals surface area contributed by atoms with Crippen molar-refractivity contribution in [1.29, 1.82) is 0 Å². The largest absolute Gasteiger partial charge is 0.381 e. The number of rotatable bonds is 3. The Hall–Kier alpha value is -1.46. The summed E-state index contributed by atoms with van der Waals surface area (Å²) in [5.41, 5.74) is 0.745. The van der Waals surface area contributed by atoms with Gasteiger partial charge in [0.1, 0.15) is 0 Å². The molecule has 0 saturated carbocycles. The van der Waals surface area contributed by atoms with Crippen molar-refractivity contribution in [2.24, 2.45) is 0 Å². The highest BCUT2D eigenvalue weighted by Crippen LogP contribution is 2.22. The average molecular weight is 303 g/mol. The second-order valence-corrected chi connectivity index (χ2v) is 6.23. The maximum absolute atomic E-state index is 12.4. The first-order valence-electron chi connectivity index (χ1n) is 8.24. The van der Waals surface area contributed by atoms with Gasteiger partial charge >= 0.3 is 0 Å². The fraction of sp³-hybridized carbons (Fsp3) is 0.647. The number of pyridine rings is 1. The van der Waals surface area contributed by atoms with Gasteiger partial charge in [-0.05, 0) is 37.8 Å². The molecule has 0 bridgehead atoms. The Morgan fingerprint density at radius 1 is 1.09 bits per heavy atom. The summed E-state index contributed by atoms with van der Waals surface area (Å²) in [6.07, 6.45) is 8.21. The summed E-state index contributed by atoms with van der Waals surface area (Å²) in [6, 6.07) is 4.22. The van der Waals surface area contributed by atoms with Crippen LogP contribution in [0.3, 0.4) is 0 Å². The summed E-state index contributed by atoms with van der Waals surface area (Å²) < 4.78 is 5.44. The van der Waals surface area contributed by atoms with E-state index in [0.717, 1.165) is 57.4 Å². The van der Waals surface area contributed by atoms with Crippen LogP contribution in [0.5, 0.6) is 0 Å². The van der Waals surface area contributed by atoms with Crippen LogP contribution in [0.2, 0.25) is 0 Å². The molecular formula is C17H25N3O2. The van der Waals surface area contributed by atoms with Crippen LogP contribution in [0.4, 0.5) is 0 Å². The first kappa shape index (κ1) is 15.4. The molecule has 5 heteroatoms. The smallest absolute Gasteiger partial charge is 0.253 e. The molecule has 2 fully saturated rings. The van der Waals surface area contributed by atoms with Crippen molar-refractivity contribution in [2.45, 2.75) is 37.8 Å². The van der Waals surface area contributed by atoms with Crippen molar-refractivity contribution < 1.29 is 9.53 Å². The molecule has 0 N–H and O–H groups in total. The van der Waals surface area contributed by atoms with Gasteiger partial charge in [-0.25, -0.2) is 0 Å². The molecule has 1 amide bonds. The van der Waals surface area contributed by atoms with Crippen LogP contribution in [0.1, 0.15) is 36.0 Å². The van der Waals surface area contributed by atoms with Gasteiger partial charge in [0.15, 0.2) is 0 Å². The van der Waals surface area contributed by atoms with Gasteiger partial charge in [0.2, 0.25) is 0 Å². The normalized spacial score (nSPS) is 22.0. The third-order valence-electron chi connectivity index (χ3n) is 5.01. The lowest BCUT2D eigenvalue weighted by molar-refractivity contribution is 0.0145. The molecule has 1 aromatic rings. The zero-order valence-electron chi connectivity index (χ0n) is 13.3. The lowest BCUT2D eigenvalue weighted by Gasteiger charge is -2.41. The molecule has 0 aromatic carbocycles. The number of carbonyl (C=O) groups excluding carboxylic acids is 1. The molecule has 3 heterocycles. The minimum Gasteiger partial charge on any atom is -0.381 e. The van der Waals surface area contributed by atoms with Gasteiger partial charge in [0.25, 0.3) is 5.91 Å². The Morgan fingerprint density at radius 3 is 2.32 bits per heavy atom. The fourth-order valence-corrected chi connectivity index (χ4v) is 3.59. The van der Waals surface area contributed by atoms with E-state index in [1.807, 2.05) is 12.0 Å². The van der Waals surface area contributed by atoms with Gasteiger partial charge in [0, 0.05) is 57.3 Å². The molecule has 2 aliphatic rings. The second-order valence-electron chi connectivity index (χ2n) is 6.23. The molecule has 2 aliphatic heterocycles. The third-order valence-corrected chi connectivity index (χ3v) is 5.01. The molecule has 2 saturated heterocycles. The van der Waals surface area contributed by atoms with Crippen molar-refractivity contribution in [1.82, 2.24) is 14.8 Å². The number of carbonyl (C=O) groups is 1. The summed E-state index contributed by atoms with van der Waals surface area (Å²) in [6.45, 7) is 3.97. The van der Waals surface area contributed by atoms with E-state index < -0.39 is 0 Å². The minimum absolute atomic E-state index is 0.138. The van der Waals surface area contributed by atoms with Crippen molar-refractivity contribution in [3.05, 3.63) is 30.1 Å². The highest BCUT2D eigenvalue weighted by Gasteiger charge is 2.29. The van der Waals surface area contributed by atoms with E-state index in [-0.39, 0.29) is 5.91 Å². The summed E-state index contributed by atoms with van der Waals surface area (Å²) >= 11 is 0. The van der Waals surface area contributed by atoms with Crippen LogP contribution in [0.15, 0.2) is 24.5 Å². The quantitative estimate of drug-likeness (QED) is 0.854. The Morgan fingerprint density at radius 2 is 1.73 bits per heavy atom. The lowest BCUT2D eigenvalue weighted by atomic mass is 9.98. The van der Waals surface area contributed by atoms with E-state index in [1.165, 1.54) is 0 Å². The minimum atomic E-state index is 0.138. The SMILES string of the molecule is COC1CCN(C2CCN(C(=O)c3ccncc3)CC2)CC1. The molecule has 0 aliphatic carbocycles. The molecule has 0 spiro atoms. The van der Waals surface area contributed by atoms with Gasteiger partial charge in [-0.15, -0.1) is 0 Å². The van der Waals surface area contributed by atoms with E-state index in [9.17, 15) is 4.79 Å². The van der Waals surface area contributed by atoms with E-state index in [2.05, 4.69) is 9.88 Å². The number of aromatic nitrogens is 1. The molecule has 22 heavy (non-hydrogen) atoms. The molecular weight excluding hydrogens is 278 g/mol. The predicted octanol–water partition coefficient (Wildman–Crippen LogP) is 1.80. The average Bonchev–Trinajstić information content (AvgIpc) is 2.62. The van der Waals surface area contributed by atoms with Crippen LogP contribution < -0.4 is 0 Å². The van der Waals surface area contributed by atoms with E-state index in [4.69, 9.17) is 4.74 Å². The van der Waals surface area contributed by atoms with Crippen molar-refractivity contribution in [3.8, 4) is 0 Å². The summed E-state index contributed by atoms with van der Waals surface area (Å²) in [7, 11) is 1.81. The number of amides is 1. The van der Waals surface area contributed by atoms with Crippen molar-refractivity contribution in [2.75, 3.05) is 33.3 Å². The highest BCUT2D eigenvalue weighted by atomic mass is 16.5. The van der Waals surface area contributed by atoms with Crippen LogP contribution >= 0.6 is 0 Å². The van der Waals surface area contributed by atoms with Crippen LogP contribution in [-0.2, 0) is 4.74 Å². The van der Waals surface area contributed by atoms with Gasteiger partial charge in [-0.1, -0.05) is 0 Å². The van der Waals surface area contributed by atoms with Crippen LogP contribution in [0, 0.1) is 0 Å². The number of hydrogen-bond acceptors (Lipinski definition) is 4. The van der Waals surface area contributed by atoms with E-state index >= 15 is 0 Å². The van der Waals surface area contributed by atoms with Gasteiger partial charge in [0.05, 0.1) is 6.10 Å². The Labute approximate surface area is 132 Å². The van der Waals surface area contributed by atoms with Gasteiger partial charge in [-0.2, -0.15) is 0 Å².